The van der Waals surface area contributed by atoms with Gasteiger partial charge in [-0.15, -0.1) is 0 Å². The van der Waals surface area contributed by atoms with Gasteiger partial charge in [0.05, 0.1) is 19.1 Å². The molecule has 0 spiro atoms. The van der Waals surface area contributed by atoms with Crippen LogP contribution in [0.3, 0.4) is 0 Å². The largest absolute Gasteiger partial charge is 0.466 e. The first-order chi connectivity index (χ1) is 14.7. The van der Waals surface area contributed by atoms with E-state index in [-0.39, 0.29) is 11.9 Å². The van der Waals surface area contributed by atoms with E-state index < -0.39 is 0 Å². The molecule has 9 nitrogen and oxygen atoms in total. The molecule has 0 bridgehead atoms. The van der Waals surface area contributed by atoms with Gasteiger partial charge in [-0.25, -0.2) is 9.97 Å². The van der Waals surface area contributed by atoms with E-state index in [1.54, 1.807) is 12.4 Å². The van der Waals surface area contributed by atoms with Gasteiger partial charge in [-0.2, -0.15) is 0 Å². The summed E-state index contributed by atoms with van der Waals surface area (Å²) in [7, 11) is 0. The van der Waals surface area contributed by atoms with Crippen molar-refractivity contribution in [2.45, 2.75) is 26.7 Å². The number of carbonyl (C=O) groups excluding carboxylic acids is 1. The van der Waals surface area contributed by atoms with Gasteiger partial charge in [-0.05, 0) is 32.8 Å². The second-order valence-electron chi connectivity index (χ2n) is 7.63. The summed E-state index contributed by atoms with van der Waals surface area (Å²) in [6.45, 7) is 12.5. The molecule has 30 heavy (non-hydrogen) atoms. The Morgan fingerprint density at radius 2 is 1.83 bits per heavy atom. The predicted molar refractivity (Wildman–Crippen MR) is 118 cm³/mol. The Kier molecular flexibility index (Phi) is 8.67. The number of nitrogens with zero attached hydrogens (tertiary/aromatic N) is 6. The van der Waals surface area contributed by atoms with E-state index in [0.717, 1.165) is 83.7 Å². The molecule has 2 aliphatic rings. The molecule has 166 valence electrons. The Balaban J connectivity index is 1.43. The van der Waals surface area contributed by atoms with Crippen molar-refractivity contribution in [3.8, 4) is 0 Å². The highest BCUT2D eigenvalue weighted by atomic mass is 16.5. The quantitative estimate of drug-likeness (QED) is 0.397. The number of hydrogen-bond donors (Lipinski definition) is 1. The lowest BCUT2D eigenvalue weighted by Gasteiger charge is -2.35. The van der Waals surface area contributed by atoms with Crippen molar-refractivity contribution in [2.24, 2.45) is 10.9 Å². The van der Waals surface area contributed by atoms with Gasteiger partial charge in [0.1, 0.15) is 0 Å². The summed E-state index contributed by atoms with van der Waals surface area (Å²) in [5.41, 5.74) is 0. The van der Waals surface area contributed by atoms with Crippen molar-refractivity contribution < 1.29 is 9.53 Å². The van der Waals surface area contributed by atoms with Crippen molar-refractivity contribution in [1.82, 2.24) is 25.1 Å². The van der Waals surface area contributed by atoms with Gasteiger partial charge in [0.25, 0.3) is 0 Å². The second-order valence-corrected chi connectivity index (χ2v) is 7.63. The monoisotopic (exact) mass is 417 g/mol. The first-order valence-corrected chi connectivity index (χ1v) is 11.2. The number of aromatic nitrogens is 2. The molecule has 2 aliphatic heterocycles. The number of carbonyl (C=O) groups is 1. The number of ether oxygens (including phenoxy) is 1. The first kappa shape index (κ1) is 22.3. The minimum atomic E-state index is -0.0564. The topological polar surface area (TPSA) is 86.2 Å². The number of likely N-dealkylation sites (tertiary alicyclic amines) is 1. The number of guanidine groups is 1. The van der Waals surface area contributed by atoms with Gasteiger partial charge in [0.15, 0.2) is 5.96 Å². The van der Waals surface area contributed by atoms with E-state index in [2.05, 4.69) is 36.9 Å². The van der Waals surface area contributed by atoms with Crippen LogP contribution in [0.25, 0.3) is 0 Å². The van der Waals surface area contributed by atoms with Crippen LogP contribution in [0.15, 0.2) is 23.5 Å². The summed E-state index contributed by atoms with van der Waals surface area (Å²) in [5, 5.41) is 3.40. The summed E-state index contributed by atoms with van der Waals surface area (Å²) in [6, 6.07) is 1.85. The Hall–Kier alpha value is -2.42. The average Bonchev–Trinajstić information content (AvgIpc) is 2.80. The molecule has 1 aromatic rings. The number of piperazine rings is 1. The molecule has 0 atom stereocenters. The second kappa shape index (κ2) is 11.7. The Bertz CT molecular complexity index is 669. The molecular formula is C21H35N7O2. The molecule has 2 fully saturated rings. The number of anilines is 1. The summed E-state index contributed by atoms with van der Waals surface area (Å²) < 4.78 is 5.17. The van der Waals surface area contributed by atoms with E-state index in [9.17, 15) is 4.79 Å². The molecule has 1 N–H and O–H groups in total. The van der Waals surface area contributed by atoms with Crippen LogP contribution >= 0.6 is 0 Å². The number of hydrogen-bond acceptors (Lipinski definition) is 7. The molecule has 0 aliphatic carbocycles. The van der Waals surface area contributed by atoms with Crippen LogP contribution in [0, 0.1) is 5.92 Å². The number of piperidine rings is 1. The van der Waals surface area contributed by atoms with Gasteiger partial charge in [-0.3, -0.25) is 14.7 Å². The zero-order valence-electron chi connectivity index (χ0n) is 18.3. The van der Waals surface area contributed by atoms with Crippen molar-refractivity contribution in [1.29, 1.82) is 0 Å². The standard InChI is InChI=1S/C21H35N7O2/c1-3-22-20(27-11-6-18(7-12-27)19(29)30-4-2)25-10-13-26-14-16-28(17-15-26)21-23-8-5-9-24-21/h5,8-9,18H,3-4,6-7,10-17H2,1-2H3,(H,22,25). The highest BCUT2D eigenvalue weighted by Crippen LogP contribution is 2.18. The van der Waals surface area contributed by atoms with E-state index in [0.29, 0.717) is 6.61 Å². The van der Waals surface area contributed by atoms with Gasteiger partial charge in [0.2, 0.25) is 5.95 Å². The van der Waals surface area contributed by atoms with Crippen molar-refractivity contribution >= 4 is 17.9 Å². The minimum Gasteiger partial charge on any atom is -0.466 e. The fourth-order valence-corrected chi connectivity index (χ4v) is 3.94. The van der Waals surface area contributed by atoms with Crippen LogP contribution in [0.1, 0.15) is 26.7 Å². The summed E-state index contributed by atoms with van der Waals surface area (Å²) in [5.74, 6) is 1.74. The summed E-state index contributed by atoms with van der Waals surface area (Å²) >= 11 is 0. The third kappa shape index (κ3) is 6.29. The highest BCUT2D eigenvalue weighted by molar-refractivity contribution is 5.80. The third-order valence-corrected chi connectivity index (χ3v) is 5.63. The molecule has 0 saturated carbocycles. The maximum atomic E-state index is 12.0. The predicted octanol–water partition coefficient (Wildman–Crippen LogP) is 0.839. The first-order valence-electron chi connectivity index (χ1n) is 11.2. The fraction of sp³-hybridized carbons (Fsp3) is 0.714. The molecule has 0 aromatic carbocycles. The van der Waals surface area contributed by atoms with E-state index in [4.69, 9.17) is 9.73 Å². The molecule has 0 radical (unpaired) electrons. The lowest BCUT2D eigenvalue weighted by Crippen LogP contribution is -2.48. The molecule has 2 saturated heterocycles. The SMILES string of the molecule is CCNC(=NCCN1CCN(c2ncccn2)CC1)N1CCC(C(=O)OCC)CC1. The van der Waals surface area contributed by atoms with Crippen molar-refractivity contribution in [2.75, 3.05) is 70.4 Å². The fourth-order valence-electron chi connectivity index (χ4n) is 3.94. The van der Waals surface area contributed by atoms with Crippen LogP contribution < -0.4 is 10.2 Å². The van der Waals surface area contributed by atoms with Crippen LogP contribution in [0.4, 0.5) is 5.95 Å². The Labute approximate surface area is 179 Å². The molecule has 1 aromatic heterocycles. The molecule has 0 unspecified atom stereocenters. The zero-order valence-corrected chi connectivity index (χ0v) is 18.3. The van der Waals surface area contributed by atoms with Gasteiger partial charge >= 0.3 is 5.97 Å². The average molecular weight is 418 g/mol. The molecule has 0 amide bonds. The lowest BCUT2D eigenvalue weighted by molar-refractivity contribution is -0.149. The van der Waals surface area contributed by atoms with Gasteiger partial charge in [0, 0.05) is 64.8 Å². The smallest absolute Gasteiger partial charge is 0.309 e. The van der Waals surface area contributed by atoms with Gasteiger partial charge < -0.3 is 19.9 Å². The van der Waals surface area contributed by atoms with Crippen LogP contribution in [-0.2, 0) is 9.53 Å². The molecule has 3 rings (SSSR count). The third-order valence-electron chi connectivity index (χ3n) is 5.63. The normalized spacial score (nSPS) is 19.1. The zero-order chi connectivity index (χ0) is 21.2. The molecule has 9 heteroatoms. The lowest BCUT2D eigenvalue weighted by atomic mass is 9.97. The highest BCUT2D eigenvalue weighted by Gasteiger charge is 2.27. The van der Waals surface area contributed by atoms with Crippen LogP contribution in [0.2, 0.25) is 0 Å². The van der Waals surface area contributed by atoms with Crippen molar-refractivity contribution in [3.63, 3.8) is 0 Å². The number of nitrogens with one attached hydrogen (secondary N) is 1. The number of esters is 1. The van der Waals surface area contributed by atoms with Crippen LogP contribution in [0.5, 0.6) is 0 Å². The van der Waals surface area contributed by atoms with E-state index in [1.165, 1.54) is 0 Å². The van der Waals surface area contributed by atoms with Crippen LogP contribution in [-0.4, -0.2) is 97.2 Å². The van der Waals surface area contributed by atoms with E-state index in [1.807, 2.05) is 13.0 Å². The Morgan fingerprint density at radius 3 is 2.47 bits per heavy atom. The van der Waals surface area contributed by atoms with E-state index >= 15 is 0 Å². The van der Waals surface area contributed by atoms with Crippen molar-refractivity contribution in [3.05, 3.63) is 18.5 Å². The summed E-state index contributed by atoms with van der Waals surface area (Å²) in [6.07, 6.45) is 5.24. The van der Waals surface area contributed by atoms with Gasteiger partial charge in [-0.1, -0.05) is 0 Å². The Morgan fingerprint density at radius 1 is 1.13 bits per heavy atom. The maximum absolute atomic E-state index is 12.0. The molecule has 3 heterocycles. The number of rotatable bonds is 7. The number of aliphatic imine (C=N–C) groups is 1. The molecular weight excluding hydrogens is 382 g/mol. The minimum absolute atomic E-state index is 0.0222. The maximum Gasteiger partial charge on any atom is 0.309 e. The summed E-state index contributed by atoms with van der Waals surface area (Å²) in [4.78, 5) is 32.4.